The molecule has 3 aromatic rings. The number of amides is 1. The molecule has 7 rings (SSSR count). The second kappa shape index (κ2) is 10.3. The molecule has 1 aromatic heterocycles. The van der Waals surface area contributed by atoms with E-state index in [2.05, 4.69) is 52.1 Å². The van der Waals surface area contributed by atoms with E-state index in [1.165, 1.54) is 0 Å². The van der Waals surface area contributed by atoms with Crippen LogP contribution in [0.25, 0.3) is 11.0 Å². The molecule has 0 saturated heterocycles. The van der Waals surface area contributed by atoms with Crippen LogP contribution < -0.4 is 5.32 Å². The van der Waals surface area contributed by atoms with Crippen LogP contribution in [0.4, 0.5) is 5.69 Å². The van der Waals surface area contributed by atoms with Crippen LogP contribution in [0.1, 0.15) is 97.9 Å². The fourth-order valence-electron chi connectivity index (χ4n) is 11.8. The Morgan fingerprint density at radius 3 is 2.27 bits per heavy atom. The third kappa shape index (κ3) is 4.52. The van der Waals surface area contributed by atoms with Crippen molar-refractivity contribution in [3.05, 3.63) is 66.0 Å². The van der Waals surface area contributed by atoms with Crippen molar-refractivity contribution in [2.75, 3.05) is 5.32 Å². The number of aliphatic hydroxyl groups is 2. The van der Waals surface area contributed by atoms with Crippen molar-refractivity contribution in [3.8, 4) is 0 Å². The number of fused-ring (bicyclic) bond motifs is 7. The summed E-state index contributed by atoms with van der Waals surface area (Å²) >= 11 is 0. The van der Waals surface area contributed by atoms with Crippen LogP contribution in [-0.2, 0) is 16.6 Å². The lowest BCUT2D eigenvalue weighted by molar-refractivity contribution is -0.224. The van der Waals surface area contributed by atoms with Gasteiger partial charge in [0.2, 0.25) is 5.91 Å². The third-order valence-electron chi connectivity index (χ3n) is 14.0. The topological polar surface area (TPSA) is 95.3 Å². The van der Waals surface area contributed by atoms with Gasteiger partial charge in [0, 0.05) is 17.5 Å². The fourth-order valence-corrected chi connectivity index (χ4v) is 11.8. The Hall–Kier alpha value is -2.83. The van der Waals surface area contributed by atoms with E-state index in [1.807, 2.05) is 49.4 Å². The maximum atomic E-state index is 12.8. The Labute approximate surface area is 268 Å². The minimum atomic E-state index is -1.04. The van der Waals surface area contributed by atoms with Crippen LogP contribution in [0.3, 0.4) is 0 Å². The van der Waals surface area contributed by atoms with Gasteiger partial charge in [-0.05, 0) is 116 Å². The average molecular weight is 610 g/mol. The molecule has 0 bridgehead atoms. The first-order chi connectivity index (χ1) is 21.2. The van der Waals surface area contributed by atoms with E-state index >= 15 is 0 Å². The smallest absolute Gasteiger partial charge is 0.224 e. The highest BCUT2D eigenvalue weighted by Gasteiger charge is 2.71. The molecule has 2 aromatic carbocycles. The summed E-state index contributed by atoms with van der Waals surface area (Å²) in [5.74, 6) is 0.647. The predicted molar refractivity (Wildman–Crippen MR) is 179 cm³/mol. The molecule has 9 atom stereocenters. The summed E-state index contributed by atoms with van der Waals surface area (Å²) in [5, 5.41) is 27.1. The van der Waals surface area contributed by atoms with Gasteiger partial charge in [0.15, 0.2) is 0 Å². The molecule has 1 heterocycles. The highest BCUT2D eigenvalue weighted by molar-refractivity contribution is 5.90. The molecule has 45 heavy (non-hydrogen) atoms. The van der Waals surface area contributed by atoms with E-state index in [0.29, 0.717) is 18.3 Å². The number of para-hydroxylation sites is 3. The first-order valence-electron chi connectivity index (χ1n) is 17.2. The second-order valence-electron chi connectivity index (χ2n) is 16.6. The summed E-state index contributed by atoms with van der Waals surface area (Å²) in [6.45, 7) is 14.1. The molecular formula is C39H51N3O3. The molecule has 6 heteroatoms. The molecule has 4 aliphatic rings. The highest BCUT2D eigenvalue weighted by Crippen LogP contribution is 2.75. The molecular weight excluding hydrogens is 558 g/mol. The van der Waals surface area contributed by atoms with Crippen molar-refractivity contribution < 1.29 is 15.0 Å². The zero-order chi connectivity index (χ0) is 32.0. The van der Waals surface area contributed by atoms with Gasteiger partial charge in [-0.1, -0.05) is 65.0 Å². The van der Waals surface area contributed by atoms with E-state index in [-0.39, 0.29) is 45.8 Å². The molecule has 6 nitrogen and oxygen atoms in total. The molecule has 3 saturated carbocycles. The van der Waals surface area contributed by atoms with Gasteiger partial charge in [-0.3, -0.25) is 4.79 Å². The number of carbonyl (C=O) groups is 1. The number of aliphatic hydroxyl groups excluding tert-OH is 1. The van der Waals surface area contributed by atoms with Crippen LogP contribution in [0.15, 0.2) is 54.6 Å². The Morgan fingerprint density at radius 1 is 0.911 bits per heavy atom. The van der Waals surface area contributed by atoms with E-state index < -0.39 is 11.7 Å². The first-order valence-corrected chi connectivity index (χ1v) is 17.2. The standard InChI is InChI=1S/C39H51N3O3/c1-35(2)30-17-20-37(4)31(36(30,3)23-28-34(35)42-27-15-11-10-14-26(27)41-28)22-29(43)33-25(16-19-38(33,37)5)39(6,45)21-18-32(44)40-24-12-8-7-9-13-24/h7-15,25,29-31,33,43,45H,16-23H2,1-6H3,(H,40,44)/t25-,29+,30-,31+,33-,36-,37+,38+,39-/m0/s1. The van der Waals surface area contributed by atoms with Crippen molar-refractivity contribution in [2.45, 2.75) is 110 Å². The van der Waals surface area contributed by atoms with Crippen molar-refractivity contribution in [3.63, 3.8) is 0 Å². The molecule has 240 valence electrons. The number of anilines is 1. The van der Waals surface area contributed by atoms with E-state index in [9.17, 15) is 15.0 Å². The lowest BCUT2D eigenvalue weighted by Crippen LogP contribution is -2.66. The number of nitrogens with zero attached hydrogens (tertiary/aromatic N) is 2. The van der Waals surface area contributed by atoms with Crippen molar-refractivity contribution in [1.29, 1.82) is 0 Å². The van der Waals surface area contributed by atoms with Crippen LogP contribution in [0.2, 0.25) is 0 Å². The Morgan fingerprint density at radius 2 is 1.56 bits per heavy atom. The monoisotopic (exact) mass is 609 g/mol. The molecule has 0 spiro atoms. The number of nitrogens with one attached hydrogen (secondary N) is 1. The largest absolute Gasteiger partial charge is 0.393 e. The van der Waals surface area contributed by atoms with Crippen LogP contribution in [-0.4, -0.2) is 37.8 Å². The fraction of sp³-hybridized carbons (Fsp3) is 0.615. The van der Waals surface area contributed by atoms with Gasteiger partial charge < -0.3 is 15.5 Å². The summed E-state index contributed by atoms with van der Waals surface area (Å²) in [4.78, 5) is 23.3. The van der Waals surface area contributed by atoms with Crippen LogP contribution >= 0.6 is 0 Å². The minimum absolute atomic E-state index is 0.00120. The van der Waals surface area contributed by atoms with Gasteiger partial charge in [0.05, 0.1) is 34.1 Å². The van der Waals surface area contributed by atoms with Crippen LogP contribution in [0, 0.1) is 39.9 Å². The zero-order valence-corrected chi connectivity index (χ0v) is 27.9. The summed E-state index contributed by atoms with van der Waals surface area (Å²) < 4.78 is 0. The Balaban J connectivity index is 1.17. The number of aromatic nitrogens is 2. The molecule has 3 N–H and O–H groups in total. The van der Waals surface area contributed by atoms with Crippen molar-refractivity contribution in [1.82, 2.24) is 9.97 Å². The highest BCUT2D eigenvalue weighted by atomic mass is 16.3. The van der Waals surface area contributed by atoms with E-state index in [0.717, 1.165) is 66.6 Å². The number of hydrogen-bond acceptors (Lipinski definition) is 5. The van der Waals surface area contributed by atoms with Gasteiger partial charge in [-0.2, -0.15) is 0 Å². The molecule has 0 unspecified atom stereocenters. The lowest BCUT2D eigenvalue weighted by Gasteiger charge is -2.69. The molecule has 0 radical (unpaired) electrons. The van der Waals surface area contributed by atoms with Gasteiger partial charge in [-0.25, -0.2) is 9.97 Å². The second-order valence-corrected chi connectivity index (χ2v) is 16.6. The number of carbonyl (C=O) groups excluding carboxylic acids is 1. The summed E-state index contributed by atoms with van der Waals surface area (Å²) in [7, 11) is 0. The summed E-state index contributed by atoms with van der Waals surface area (Å²) in [5.41, 5.74) is 3.72. The van der Waals surface area contributed by atoms with Crippen molar-refractivity contribution in [2.24, 2.45) is 39.9 Å². The Kier molecular flexibility index (Phi) is 7.08. The van der Waals surface area contributed by atoms with Crippen LogP contribution in [0.5, 0.6) is 0 Å². The zero-order valence-electron chi connectivity index (χ0n) is 27.9. The molecule has 3 fully saturated rings. The lowest BCUT2D eigenvalue weighted by atomic mass is 9.35. The maximum absolute atomic E-state index is 12.8. The van der Waals surface area contributed by atoms with Crippen molar-refractivity contribution >= 4 is 22.6 Å². The SMILES string of the molecule is CC1(C)c2nc3ccccc3nc2C[C@]2(C)[C@H]3C[C@@H](O)[C@@H]4[C@@H]([C@@](C)(O)CCC(=O)Nc5ccccc5)CC[C@@]4(C)[C@]3(C)CC[C@@H]12. The van der Waals surface area contributed by atoms with Gasteiger partial charge in [0.25, 0.3) is 0 Å². The quantitative estimate of drug-likeness (QED) is 0.279. The number of rotatable bonds is 5. The molecule has 4 aliphatic carbocycles. The van der Waals surface area contributed by atoms with Gasteiger partial charge in [-0.15, -0.1) is 0 Å². The number of hydrogen-bond donors (Lipinski definition) is 3. The Bertz CT molecular complexity index is 1620. The predicted octanol–water partition coefficient (Wildman–Crippen LogP) is 7.47. The van der Waals surface area contributed by atoms with Gasteiger partial charge in [0.1, 0.15) is 0 Å². The van der Waals surface area contributed by atoms with Gasteiger partial charge >= 0.3 is 0 Å². The third-order valence-corrected chi connectivity index (χ3v) is 14.0. The maximum Gasteiger partial charge on any atom is 0.224 e. The minimum Gasteiger partial charge on any atom is -0.393 e. The summed E-state index contributed by atoms with van der Waals surface area (Å²) in [6.07, 6.45) is 5.89. The van der Waals surface area contributed by atoms with E-state index in [1.54, 1.807) is 0 Å². The molecule has 0 aliphatic heterocycles. The normalized spacial score (nSPS) is 37.9. The average Bonchev–Trinajstić information content (AvgIpc) is 3.38. The summed E-state index contributed by atoms with van der Waals surface area (Å²) in [6, 6.07) is 17.7. The number of benzene rings is 2. The first kappa shape index (κ1) is 30.8. The molecule has 1 amide bonds. The van der Waals surface area contributed by atoms with E-state index in [4.69, 9.17) is 9.97 Å².